The van der Waals surface area contributed by atoms with Gasteiger partial charge >= 0.3 is 12.5 Å². The third-order valence-electron chi connectivity index (χ3n) is 5.16. The molecule has 1 heterocycles. The van der Waals surface area contributed by atoms with Crippen molar-refractivity contribution in [3.63, 3.8) is 0 Å². The number of hydrogen-bond donors (Lipinski definition) is 1. The van der Waals surface area contributed by atoms with Gasteiger partial charge in [0.15, 0.2) is 0 Å². The molecule has 196 valence electrons. The number of carbonyl (C=O) groups excluding carboxylic acids is 2. The van der Waals surface area contributed by atoms with Crippen molar-refractivity contribution < 1.29 is 41.0 Å². The van der Waals surface area contributed by atoms with Crippen LogP contribution in [-0.2, 0) is 9.53 Å². The predicted molar refractivity (Wildman–Crippen MR) is 123 cm³/mol. The first kappa shape index (κ1) is 27.5. The number of nitrogens with one attached hydrogen (secondary N) is 1. The second kappa shape index (κ2) is 10.1. The Hall–Kier alpha value is -3.08. The number of carbonyl (C=O) groups is 2. The van der Waals surface area contributed by atoms with Crippen molar-refractivity contribution in [2.24, 2.45) is 0 Å². The van der Waals surface area contributed by atoms with E-state index >= 15 is 0 Å². The average molecular weight is 535 g/mol. The number of nitrogens with zero attached hydrogens (tertiary/aromatic N) is 1. The molecule has 3 rings (SSSR count). The fourth-order valence-corrected chi connectivity index (χ4v) is 3.93. The molecule has 0 aromatic heterocycles. The van der Waals surface area contributed by atoms with E-state index in [9.17, 15) is 31.5 Å². The predicted octanol–water partition coefficient (Wildman–Crippen LogP) is 6.88. The standard InChI is InChI=1S/C24H24ClF5N2O4/c1-22(2,3)36-21(34)32-11-10-23(26,27)13-18(32)20(33)31-14-8-9-15(17(25)12-14)16-6-4-5-7-19(16)35-24(28,29)30/h4-9,12,18H,10-11,13H2,1-3H3,(H,31,33)/t18-/m1/s1. The Morgan fingerprint density at radius 1 is 1.08 bits per heavy atom. The lowest BCUT2D eigenvalue weighted by Gasteiger charge is -2.38. The zero-order valence-corrected chi connectivity index (χ0v) is 20.3. The number of hydrogen-bond acceptors (Lipinski definition) is 4. The zero-order valence-electron chi connectivity index (χ0n) is 19.6. The van der Waals surface area contributed by atoms with Crippen LogP contribution in [0.1, 0.15) is 33.6 Å². The van der Waals surface area contributed by atoms with Crippen molar-refractivity contribution >= 4 is 29.3 Å². The highest BCUT2D eigenvalue weighted by molar-refractivity contribution is 6.33. The van der Waals surface area contributed by atoms with Gasteiger partial charge in [-0.25, -0.2) is 13.6 Å². The molecule has 1 aliphatic rings. The van der Waals surface area contributed by atoms with Crippen molar-refractivity contribution in [1.29, 1.82) is 0 Å². The second-order valence-corrected chi connectivity index (χ2v) is 9.63. The molecule has 1 N–H and O–H groups in total. The number of halogens is 6. The fourth-order valence-electron chi connectivity index (χ4n) is 3.65. The van der Waals surface area contributed by atoms with E-state index in [1.807, 2.05) is 0 Å². The van der Waals surface area contributed by atoms with Crippen LogP contribution in [-0.4, -0.2) is 47.4 Å². The molecule has 0 bridgehead atoms. The van der Waals surface area contributed by atoms with E-state index in [1.54, 1.807) is 20.8 Å². The summed E-state index contributed by atoms with van der Waals surface area (Å²) in [5, 5.41) is 2.43. The maximum absolute atomic E-state index is 14.1. The maximum atomic E-state index is 14.1. The Morgan fingerprint density at radius 2 is 1.75 bits per heavy atom. The van der Waals surface area contributed by atoms with E-state index in [0.717, 1.165) is 11.0 Å². The molecular weight excluding hydrogens is 511 g/mol. The Bertz CT molecular complexity index is 1130. The summed E-state index contributed by atoms with van der Waals surface area (Å²) < 4.78 is 75.8. The second-order valence-electron chi connectivity index (χ2n) is 9.23. The Balaban J connectivity index is 1.83. The first-order chi connectivity index (χ1) is 16.5. The van der Waals surface area contributed by atoms with Gasteiger partial charge in [0.2, 0.25) is 5.91 Å². The van der Waals surface area contributed by atoms with Crippen molar-refractivity contribution in [2.75, 3.05) is 11.9 Å². The third-order valence-corrected chi connectivity index (χ3v) is 5.47. The molecule has 1 aliphatic heterocycles. The summed E-state index contributed by atoms with van der Waals surface area (Å²) in [6.07, 6.45) is -7.33. The van der Waals surface area contributed by atoms with Crippen LogP contribution in [0.3, 0.4) is 0 Å². The number of piperidine rings is 1. The molecule has 0 aliphatic carbocycles. The molecule has 1 atom stereocenters. The van der Waals surface area contributed by atoms with Crippen molar-refractivity contribution in [2.45, 2.75) is 57.5 Å². The average Bonchev–Trinajstić information content (AvgIpc) is 2.71. The lowest BCUT2D eigenvalue weighted by atomic mass is 9.98. The minimum atomic E-state index is -4.92. The van der Waals surface area contributed by atoms with Crippen LogP contribution in [0.15, 0.2) is 42.5 Å². The smallest absolute Gasteiger partial charge is 0.444 e. The normalized spacial score (nSPS) is 17.9. The van der Waals surface area contributed by atoms with Gasteiger partial charge in [0, 0.05) is 36.2 Å². The third kappa shape index (κ3) is 7.22. The van der Waals surface area contributed by atoms with Gasteiger partial charge in [0.25, 0.3) is 5.92 Å². The Morgan fingerprint density at radius 3 is 2.36 bits per heavy atom. The van der Waals surface area contributed by atoms with E-state index in [-0.39, 0.29) is 28.4 Å². The van der Waals surface area contributed by atoms with Crippen LogP contribution in [0.2, 0.25) is 5.02 Å². The molecule has 0 spiro atoms. The lowest BCUT2D eigenvalue weighted by Crippen LogP contribution is -2.55. The molecule has 12 heteroatoms. The van der Waals surface area contributed by atoms with E-state index in [1.165, 1.54) is 36.4 Å². The minimum Gasteiger partial charge on any atom is -0.444 e. The summed E-state index contributed by atoms with van der Waals surface area (Å²) in [6.45, 7) is 4.45. The fraction of sp³-hybridized carbons (Fsp3) is 0.417. The van der Waals surface area contributed by atoms with Gasteiger partial charge in [-0.15, -0.1) is 13.2 Å². The van der Waals surface area contributed by atoms with Crippen molar-refractivity contribution in [3.05, 3.63) is 47.5 Å². The molecule has 2 aromatic rings. The Labute approximate surface area is 209 Å². The first-order valence-electron chi connectivity index (χ1n) is 10.9. The van der Waals surface area contributed by atoms with Gasteiger partial charge in [-0.2, -0.15) is 0 Å². The number of para-hydroxylation sites is 1. The summed E-state index contributed by atoms with van der Waals surface area (Å²) in [7, 11) is 0. The van der Waals surface area contributed by atoms with Gasteiger partial charge in [-0.1, -0.05) is 35.9 Å². The van der Waals surface area contributed by atoms with E-state index < -0.39 is 54.5 Å². The minimum absolute atomic E-state index is 0.0241. The van der Waals surface area contributed by atoms with Gasteiger partial charge in [0.05, 0.1) is 5.02 Å². The number of rotatable bonds is 4. The van der Waals surface area contributed by atoms with E-state index in [2.05, 4.69) is 10.1 Å². The molecule has 6 nitrogen and oxygen atoms in total. The highest BCUT2D eigenvalue weighted by Gasteiger charge is 2.46. The van der Waals surface area contributed by atoms with Crippen LogP contribution in [0.25, 0.3) is 11.1 Å². The van der Waals surface area contributed by atoms with Gasteiger partial charge in [0.1, 0.15) is 17.4 Å². The summed E-state index contributed by atoms with van der Waals surface area (Å²) >= 11 is 6.28. The molecule has 0 unspecified atom stereocenters. The van der Waals surface area contributed by atoms with Crippen LogP contribution >= 0.6 is 11.6 Å². The number of anilines is 1. The van der Waals surface area contributed by atoms with E-state index in [0.29, 0.717) is 0 Å². The summed E-state index contributed by atoms with van der Waals surface area (Å²) in [5.74, 6) is -4.52. The van der Waals surface area contributed by atoms with Crippen molar-refractivity contribution in [3.8, 4) is 16.9 Å². The molecule has 0 radical (unpaired) electrons. The number of likely N-dealkylation sites (tertiary alicyclic amines) is 1. The number of alkyl halides is 5. The maximum Gasteiger partial charge on any atom is 0.573 e. The molecule has 0 saturated carbocycles. The molecule has 1 saturated heterocycles. The van der Waals surface area contributed by atoms with Crippen molar-refractivity contribution in [1.82, 2.24) is 4.90 Å². The summed E-state index contributed by atoms with van der Waals surface area (Å²) in [6, 6.07) is 7.83. The van der Waals surface area contributed by atoms with Gasteiger partial charge in [-0.3, -0.25) is 9.69 Å². The zero-order chi connectivity index (χ0) is 26.9. The lowest BCUT2D eigenvalue weighted by molar-refractivity contribution is -0.274. The first-order valence-corrected chi connectivity index (χ1v) is 11.3. The van der Waals surface area contributed by atoms with Crippen LogP contribution in [0.5, 0.6) is 5.75 Å². The highest BCUT2D eigenvalue weighted by atomic mass is 35.5. The van der Waals surface area contributed by atoms with Crippen LogP contribution < -0.4 is 10.1 Å². The van der Waals surface area contributed by atoms with Crippen LogP contribution in [0.4, 0.5) is 32.4 Å². The summed E-state index contributed by atoms with van der Waals surface area (Å²) in [4.78, 5) is 26.4. The molecule has 36 heavy (non-hydrogen) atoms. The molecular formula is C24H24ClF5N2O4. The molecule has 1 fully saturated rings. The number of amides is 2. The topological polar surface area (TPSA) is 67.9 Å². The van der Waals surface area contributed by atoms with E-state index in [4.69, 9.17) is 16.3 Å². The van der Waals surface area contributed by atoms with Gasteiger partial charge < -0.3 is 14.8 Å². The number of benzene rings is 2. The number of ether oxygens (including phenoxy) is 2. The Kier molecular flexibility index (Phi) is 7.73. The molecule has 2 aromatic carbocycles. The quantitative estimate of drug-likeness (QED) is 0.434. The van der Waals surface area contributed by atoms with Gasteiger partial charge in [-0.05, 0) is 39.0 Å². The largest absolute Gasteiger partial charge is 0.573 e. The molecule has 2 amide bonds. The highest BCUT2D eigenvalue weighted by Crippen LogP contribution is 2.39. The monoisotopic (exact) mass is 534 g/mol. The SMILES string of the molecule is CC(C)(C)OC(=O)N1CCC(F)(F)C[C@@H]1C(=O)Nc1ccc(-c2ccccc2OC(F)(F)F)c(Cl)c1. The summed E-state index contributed by atoms with van der Waals surface area (Å²) in [5.41, 5.74) is -0.552. The van der Waals surface area contributed by atoms with Crippen LogP contribution in [0, 0.1) is 0 Å².